The lowest BCUT2D eigenvalue weighted by atomic mass is 10.1. The maximum absolute atomic E-state index is 11.8. The number of benzene rings is 1. The van der Waals surface area contributed by atoms with Crippen molar-refractivity contribution in [3.8, 4) is 12.3 Å². The molecule has 8 heteroatoms. The van der Waals surface area contributed by atoms with Crippen molar-refractivity contribution in [2.45, 2.75) is 12.5 Å². The smallest absolute Gasteiger partial charge is 0.327 e. The van der Waals surface area contributed by atoms with E-state index in [1.807, 2.05) is 0 Å². The standard InChI is InChI=1S/C13H14N2O5S/c1-3-4-11(13(17)18)14-12(16)9-5-7-10(8-6-9)15-21(2,19)20/h1,5-8,11,15H,4H2,2H3,(H,14,16)(H,17,18). The van der Waals surface area contributed by atoms with Gasteiger partial charge in [-0.2, -0.15) is 0 Å². The number of hydrogen-bond acceptors (Lipinski definition) is 4. The minimum absolute atomic E-state index is 0.130. The molecule has 7 nitrogen and oxygen atoms in total. The summed E-state index contributed by atoms with van der Waals surface area (Å²) in [4.78, 5) is 22.7. The molecule has 1 amide bonds. The third kappa shape index (κ3) is 5.54. The SMILES string of the molecule is C#CCC(NC(=O)c1ccc(NS(C)(=O)=O)cc1)C(=O)O. The molecule has 21 heavy (non-hydrogen) atoms. The van der Waals surface area contributed by atoms with Gasteiger partial charge >= 0.3 is 5.97 Å². The highest BCUT2D eigenvalue weighted by Crippen LogP contribution is 2.11. The van der Waals surface area contributed by atoms with Gasteiger partial charge in [-0.15, -0.1) is 12.3 Å². The Morgan fingerprint density at radius 3 is 2.33 bits per heavy atom. The Bertz CT molecular complexity index is 674. The molecule has 0 bridgehead atoms. The van der Waals surface area contributed by atoms with Gasteiger partial charge in [0.1, 0.15) is 6.04 Å². The van der Waals surface area contributed by atoms with Crippen molar-refractivity contribution in [1.82, 2.24) is 5.32 Å². The second kappa shape index (κ2) is 6.76. The summed E-state index contributed by atoms with van der Waals surface area (Å²) < 4.78 is 24.3. The molecule has 112 valence electrons. The highest BCUT2D eigenvalue weighted by Gasteiger charge is 2.19. The summed E-state index contributed by atoms with van der Waals surface area (Å²) in [6, 6.07) is 4.37. The van der Waals surface area contributed by atoms with E-state index in [0.717, 1.165) is 6.26 Å². The molecular formula is C13H14N2O5S. The van der Waals surface area contributed by atoms with Gasteiger partial charge in [-0.25, -0.2) is 13.2 Å². The van der Waals surface area contributed by atoms with Crippen molar-refractivity contribution in [2.75, 3.05) is 11.0 Å². The van der Waals surface area contributed by atoms with Crippen LogP contribution in [0.2, 0.25) is 0 Å². The number of rotatable bonds is 6. The first kappa shape index (κ1) is 16.5. The summed E-state index contributed by atoms with van der Waals surface area (Å²) in [7, 11) is -3.40. The van der Waals surface area contributed by atoms with E-state index in [4.69, 9.17) is 11.5 Å². The van der Waals surface area contributed by atoms with Crippen molar-refractivity contribution >= 4 is 27.6 Å². The number of hydrogen-bond donors (Lipinski definition) is 3. The van der Waals surface area contributed by atoms with Crippen LogP contribution in [0.4, 0.5) is 5.69 Å². The summed E-state index contributed by atoms with van der Waals surface area (Å²) in [6.45, 7) is 0. The molecule has 1 rings (SSSR count). The molecule has 0 saturated heterocycles. The van der Waals surface area contributed by atoms with E-state index >= 15 is 0 Å². The van der Waals surface area contributed by atoms with Gasteiger partial charge in [0.2, 0.25) is 10.0 Å². The summed E-state index contributed by atoms with van der Waals surface area (Å²) in [5.41, 5.74) is 0.491. The molecule has 0 fully saturated rings. The molecule has 3 N–H and O–H groups in total. The number of aliphatic carboxylic acids is 1. The number of carboxylic acid groups (broad SMARTS) is 1. The third-order valence-corrected chi connectivity index (χ3v) is 2.98. The Balaban J connectivity index is 2.80. The number of carboxylic acids is 1. The van der Waals surface area contributed by atoms with E-state index in [9.17, 15) is 18.0 Å². The largest absolute Gasteiger partial charge is 0.480 e. The first-order chi connectivity index (χ1) is 9.73. The van der Waals surface area contributed by atoms with Crippen LogP contribution in [-0.4, -0.2) is 37.7 Å². The number of anilines is 1. The van der Waals surface area contributed by atoms with Gasteiger partial charge in [-0.3, -0.25) is 9.52 Å². The van der Waals surface area contributed by atoms with Gasteiger partial charge in [0.15, 0.2) is 0 Å². The van der Waals surface area contributed by atoms with E-state index < -0.39 is 27.9 Å². The highest BCUT2D eigenvalue weighted by molar-refractivity contribution is 7.92. The van der Waals surface area contributed by atoms with Crippen molar-refractivity contribution in [2.24, 2.45) is 0 Å². The Morgan fingerprint density at radius 2 is 1.90 bits per heavy atom. The van der Waals surface area contributed by atoms with E-state index in [1.165, 1.54) is 24.3 Å². The van der Waals surface area contributed by atoms with E-state index in [-0.39, 0.29) is 12.0 Å². The molecule has 1 aromatic rings. The molecule has 0 aliphatic carbocycles. The molecule has 0 radical (unpaired) electrons. The fourth-order valence-corrected chi connectivity index (χ4v) is 2.03. The number of carbonyl (C=O) groups is 2. The summed E-state index contributed by atoms with van der Waals surface area (Å²) in [6.07, 6.45) is 5.91. The zero-order chi connectivity index (χ0) is 16.0. The van der Waals surface area contributed by atoms with Crippen LogP contribution in [0, 0.1) is 12.3 Å². The van der Waals surface area contributed by atoms with Gasteiger partial charge in [-0.05, 0) is 24.3 Å². The van der Waals surface area contributed by atoms with Crippen LogP contribution in [0.15, 0.2) is 24.3 Å². The first-order valence-electron chi connectivity index (χ1n) is 5.78. The minimum Gasteiger partial charge on any atom is -0.480 e. The number of sulfonamides is 1. The summed E-state index contributed by atoms with van der Waals surface area (Å²) in [5.74, 6) is 0.335. The van der Waals surface area contributed by atoms with Crippen molar-refractivity contribution in [1.29, 1.82) is 0 Å². The van der Waals surface area contributed by atoms with Crippen LogP contribution in [0.3, 0.4) is 0 Å². The quantitative estimate of drug-likeness (QED) is 0.653. The molecule has 0 aromatic heterocycles. The normalized spacial score (nSPS) is 12.0. The zero-order valence-electron chi connectivity index (χ0n) is 11.2. The monoisotopic (exact) mass is 310 g/mol. The van der Waals surface area contributed by atoms with Crippen molar-refractivity contribution in [3.63, 3.8) is 0 Å². The Morgan fingerprint density at radius 1 is 1.33 bits per heavy atom. The van der Waals surface area contributed by atoms with E-state index in [0.29, 0.717) is 5.69 Å². The van der Waals surface area contributed by atoms with Crippen LogP contribution in [0.25, 0.3) is 0 Å². The molecule has 1 aromatic carbocycles. The molecule has 1 unspecified atom stereocenters. The molecule has 0 aliphatic rings. The Kier molecular flexibility index (Phi) is 5.32. The van der Waals surface area contributed by atoms with E-state index in [1.54, 1.807) is 0 Å². The second-order valence-electron chi connectivity index (χ2n) is 4.22. The maximum atomic E-state index is 11.8. The van der Waals surface area contributed by atoms with Crippen LogP contribution in [0.5, 0.6) is 0 Å². The number of amides is 1. The number of carbonyl (C=O) groups excluding carboxylic acids is 1. The maximum Gasteiger partial charge on any atom is 0.327 e. The molecule has 1 atom stereocenters. The Hall–Kier alpha value is -2.53. The lowest BCUT2D eigenvalue weighted by molar-refractivity contribution is -0.139. The lowest BCUT2D eigenvalue weighted by Gasteiger charge is -2.12. The minimum atomic E-state index is -3.40. The second-order valence-corrected chi connectivity index (χ2v) is 5.97. The zero-order valence-corrected chi connectivity index (χ0v) is 12.0. The van der Waals surface area contributed by atoms with Gasteiger partial charge in [-0.1, -0.05) is 0 Å². The van der Waals surface area contributed by atoms with E-state index in [2.05, 4.69) is 16.0 Å². The molecule has 0 saturated carbocycles. The third-order valence-electron chi connectivity index (χ3n) is 2.38. The predicted octanol–water partition coefficient (Wildman–Crippen LogP) is 0.264. The summed E-state index contributed by atoms with van der Waals surface area (Å²) >= 11 is 0. The predicted molar refractivity (Wildman–Crippen MR) is 77.2 cm³/mol. The van der Waals surface area contributed by atoms with Gasteiger partial charge < -0.3 is 10.4 Å². The van der Waals surface area contributed by atoms with Gasteiger partial charge in [0, 0.05) is 17.7 Å². The van der Waals surface area contributed by atoms with Crippen molar-refractivity contribution < 1.29 is 23.1 Å². The van der Waals surface area contributed by atoms with Crippen LogP contribution in [0.1, 0.15) is 16.8 Å². The number of nitrogens with one attached hydrogen (secondary N) is 2. The van der Waals surface area contributed by atoms with Crippen molar-refractivity contribution in [3.05, 3.63) is 29.8 Å². The fourth-order valence-electron chi connectivity index (χ4n) is 1.46. The lowest BCUT2D eigenvalue weighted by Crippen LogP contribution is -2.40. The molecular weight excluding hydrogens is 296 g/mol. The molecule has 0 spiro atoms. The van der Waals surface area contributed by atoms with Gasteiger partial charge in [0.05, 0.1) is 6.26 Å². The molecule has 0 aliphatic heterocycles. The summed E-state index contributed by atoms with van der Waals surface area (Å²) in [5, 5.41) is 11.2. The highest BCUT2D eigenvalue weighted by atomic mass is 32.2. The average molecular weight is 310 g/mol. The number of terminal acetylenes is 1. The van der Waals surface area contributed by atoms with Crippen LogP contribution in [-0.2, 0) is 14.8 Å². The first-order valence-corrected chi connectivity index (χ1v) is 7.67. The average Bonchev–Trinajstić information content (AvgIpc) is 2.36. The Labute approximate surface area is 122 Å². The topological polar surface area (TPSA) is 113 Å². The fraction of sp³-hybridized carbons (Fsp3) is 0.231. The van der Waals surface area contributed by atoms with Crippen LogP contribution < -0.4 is 10.0 Å². The van der Waals surface area contributed by atoms with Gasteiger partial charge in [0.25, 0.3) is 5.91 Å². The van der Waals surface area contributed by atoms with Crippen LogP contribution >= 0.6 is 0 Å². The molecule has 0 heterocycles.